The molecule has 1 heterocycles. The zero-order valence-corrected chi connectivity index (χ0v) is 34.1. The van der Waals surface area contributed by atoms with Crippen LogP contribution in [0.4, 0.5) is 17.1 Å². The molecule has 11 rings (SSSR count). The summed E-state index contributed by atoms with van der Waals surface area (Å²) < 4.78 is 2.39. The van der Waals surface area contributed by atoms with Crippen molar-refractivity contribution in [3.05, 3.63) is 255 Å². The molecule has 0 amide bonds. The fourth-order valence-electron chi connectivity index (χ4n) is 9.02. The van der Waals surface area contributed by atoms with Crippen LogP contribution in [-0.4, -0.2) is 4.57 Å². The second-order valence-corrected chi connectivity index (χ2v) is 15.8. The molecule has 0 unspecified atom stereocenters. The summed E-state index contributed by atoms with van der Waals surface area (Å²) >= 11 is 0. The number of para-hydroxylation sites is 2. The maximum atomic E-state index is 2.39. The van der Waals surface area contributed by atoms with E-state index in [4.69, 9.17) is 0 Å². The molecule has 10 aromatic carbocycles. The first-order valence-electron chi connectivity index (χ1n) is 21.3. The molecule has 0 aliphatic carbocycles. The largest absolute Gasteiger partial charge is 0.310 e. The lowest BCUT2D eigenvalue weighted by molar-refractivity contribution is 1.18. The van der Waals surface area contributed by atoms with E-state index in [-0.39, 0.29) is 0 Å². The third-order valence-electron chi connectivity index (χ3n) is 12.0. The molecule has 2 heteroatoms. The summed E-state index contributed by atoms with van der Waals surface area (Å²) in [5.41, 5.74) is 18.7. The zero-order valence-electron chi connectivity index (χ0n) is 34.1. The van der Waals surface area contributed by atoms with E-state index < -0.39 is 0 Å². The molecule has 0 atom stereocenters. The summed E-state index contributed by atoms with van der Waals surface area (Å²) in [6, 6.07) is 92.0. The Morgan fingerprint density at radius 1 is 0.258 bits per heavy atom. The Morgan fingerprint density at radius 2 is 0.677 bits per heavy atom. The van der Waals surface area contributed by atoms with Gasteiger partial charge in [0.1, 0.15) is 0 Å². The highest BCUT2D eigenvalue weighted by Crippen LogP contribution is 2.42. The molecule has 292 valence electrons. The maximum absolute atomic E-state index is 2.39. The van der Waals surface area contributed by atoms with Crippen molar-refractivity contribution in [2.45, 2.75) is 0 Å². The third kappa shape index (κ3) is 6.94. The van der Waals surface area contributed by atoms with Gasteiger partial charge in [0.15, 0.2) is 0 Å². The second kappa shape index (κ2) is 16.1. The zero-order chi connectivity index (χ0) is 41.2. The number of benzene rings is 10. The minimum Gasteiger partial charge on any atom is -0.310 e. The van der Waals surface area contributed by atoms with E-state index in [9.17, 15) is 0 Å². The van der Waals surface area contributed by atoms with E-state index in [1.54, 1.807) is 0 Å². The average Bonchev–Trinajstić information content (AvgIpc) is 3.70. The highest BCUT2D eigenvalue weighted by atomic mass is 15.1. The Bertz CT molecular complexity index is 3330. The van der Waals surface area contributed by atoms with Gasteiger partial charge in [0.2, 0.25) is 0 Å². The van der Waals surface area contributed by atoms with Crippen molar-refractivity contribution >= 4 is 38.9 Å². The number of anilines is 3. The SMILES string of the molecule is c1ccc(-c2cccc(-c3ccc(N(c4cccc(-c5ccccc5)c4)c4cccc(-c5cccc(-c6cccc7c6c6ccccc6n7-c6ccccc6)c5)c4)cc3)c2)cc1. The van der Waals surface area contributed by atoms with Crippen LogP contribution in [0.15, 0.2) is 255 Å². The van der Waals surface area contributed by atoms with Crippen LogP contribution in [0.2, 0.25) is 0 Å². The standard InChI is InChI=1S/C60H42N2/c1-4-17-43(18-5-1)46-21-12-22-47(39-46)45-35-37-53(38-36-45)61(54-29-14-24-49(41-54)44-19-6-2-7-20-44)55-30-15-25-50(42-55)48-23-13-26-51(40-48)56-32-16-34-59-60(56)57-31-10-11-33-58(57)62(59)52-27-8-3-9-28-52/h1-42H. The molecule has 0 N–H and O–H groups in total. The van der Waals surface area contributed by atoms with E-state index in [1.807, 2.05) is 0 Å². The summed E-state index contributed by atoms with van der Waals surface area (Å²) in [5, 5.41) is 2.51. The number of aromatic nitrogens is 1. The first-order valence-corrected chi connectivity index (χ1v) is 21.3. The van der Waals surface area contributed by atoms with Crippen molar-refractivity contribution in [1.82, 2.24) is 4.57 Å². The highest BCUT2D eigenvalue weighted by Gasteiger charge is 2.18. The number of hydrogen-bond donors (Lipinski definition) is 0. The Hall–Kier alpha value is -8.20. The second-order valence-electron chi connectivity index (χ2n) is 15.8. The summed E-state index contributed by atoms with van der Waals surface area (Å²) in [6.07, 6.45) is 0. The predicted octanol–water partition coefficient (Wildman–Crippen LogP) is 16.6. The first kappa shape index (κ1) is 36.8. The Morgan fingerprint density at radius 3 is 1.31 bits per heavy atom. The van der Waals surface area contributed by atoms with Crippen molar-refractivity contribution in [3.63, 3.8) is 0 Å². The Labute approximate surface area is 362 Å². The molecule has 1 aromatic heterocycles. The summed E-state index contributed by atoms with van der Waals surface area (Å²) in [7, 11) is 0. The van der Waals surface area contributed by atoms with Crippen LogP contribution in [0.5, 0.6) is 0 Å². The van der Waals surface area contributed by atoms with E-state index in [0.29, 0.717) is 0 Å². The molecule has 0 aliphatic heterocycles. The Balaban J connectivity index is 1.00. The van der Waals surface area contributed by atoms with Crippen LogP contribution >= 0.6 is 0 Å². The number of rotatable bonds is 9. The highest BCUT2D eigenvalue weighted by molar-refractivity contribution is 6.15. The van der Waals surface area contributed by atoms with Gasteiger partial charge in [-0.3, -0.25) is 0 Å². The quantitative estimate of drug-likeness (QED) is 0.141. The van der Waals surface area contributed by atoms with Gasteiger partial charge < -0.3 is 9.47 Å². The lowest BCUT2D eigenvalue weighted by Crippen LogP contribution is -2.10. The average molecular weight is 791 g/mol. The third-order valence-corrected chi connectivity index (χ3v) is 12.0. The van der Waals surface area contributed by atoms with Gasteiger partial charge in [0.25, 0.3) is 0 Å². The molecule has 0 bridgehead atoms. The molecule has 0 spiro atoms. The van der Waals surface area contributed by atoms with E-state index >= 15 is 0 Å². The molecular formula is C60H42N2. The smallest absolute Gasteiger partial charge is 0.0547 e. The van der Waals surface area contributed by atoms with Crippen LogP contribution in [0.25, 0.3) is 83.1 Å². The van der Waals surface area contributed by atoms with E-state index in [1.165, 1.54) is 71.9 Å². The van der Waals surface area contributed by atoms with Gasteiger partial charge in [-0.25, -0.2) is 0 Å². The lowest BCUT2D eigenvalue weighted by Gasteiger charge is -2.27. The number of fused-ring (bicyclic) bond motifs is 3. The molecule has 0 fully saturated rings. The van der Waals surface area contributed by atoms with E-state index in [2.05, 4.69) is 264 Å². The fraction of sp³-hybridized carbons (Fsp3) is 0. The van der Waals surface area contributed by atoms with Crippen molar-refractivity contribution < 1.29 is 0 Å². The van der Waals surface area contributed by atoms with Gasteiger partial charge in [-0.2, -0.15) is 0 Å². The van der Waals surface area contributed by atoms with Crippen molar-refractivity contribution in [2.75, 3.05) is 4.90 Å². The normalized spacial score (nSPS) is 11.2. The molecule has 0 radical (unpaired) electrons. The topological polar surface area (TPSA) is 8.17 Å². The van der Waals surface area contributed by atoms with Crippen LogP contribution in [-0.2, 0) is 0 Å². The lowest BCUT2D eigenvalue weighted by atomic mass is 9.95. The molecular weight excluding hydrogens is 749 g/mol. The number of hydrogen-bond acceptors (Lipinski definition) is 1. The van der Waals surface area contributed by atoms with Gasteiger partial charge in [0.05, 0.1) is 11.0 Å². The fourth-order valence-corrected chi connectivity index (χ4v) is 9.02. The van der Waals surface area contributed by atoms with Crippen molar-refractivity contribution in [2.24, 2.45) is 0 Å². The molecule has 62 heavy (non-hydrogen) atoms. The molecule has 0 saturated heterocycles. The van der Waals surface area contributed by atoms with Crippen LogP contribution in [0, 0.1) is 0 Å². The molecule has 2 nitrogen and oxygen atoms in total. The molecule has 0 aliphatic rings. The van der Waals surface area contributed by atoms with E-state index in [0.717, 1.165) is 28.3 Å². The monoisotopic (exact) mass is 790 g/mol. The minimum atomic E-state index is 1.09. The van der Waals surface area contributed by atoms with Crippen LogP contribution in [0.1, 0.15) is 0 Å². The first-order chi connectivity index (χ1) is 30.7. The summed E-state index contributed by atoms with van der Waals surface area (Å²) in [4.78, 5) is 2.38. The molecule has 11 aromatic rings. The number of nitrogens with zero attached hydrogens (tertiary/aromatic N) is 2. The van der Waals surface area contributed by atoms with Crippen LogP contribution in [0.3, 0.4) is 0 Å². The van der Waals surface area contributed by atoms with Gasteiger partial charge in [-0.1, -0.05) is 182 Å². The summed E-state index contributed by atoms with van der Waals surface area (Å²) in [5.74, 6) is 0. The van der Waals surface area contributed by atoms with Gasteiger partial charge in [0, 0.05) is 33.5 Å². The van der Waals surface area contributed by atoms with Gasteiger partial charge >= 0.3 is 0 Å². The van der Waals surface area contributed by atoms with Gasteiger partial charge in [-0.15, -0.1) is 0 Å². The van der Waals surface area contributed by atoms with Crippen molar-refractivity contribution in [3.8, 4) is 61.3 Å². The summed E-state index contributed by atoms with van der Waals surface area (Å²) in [6.45, 7) is 0. The van der Waals surface area contributed by atoms with Gasteiger partial charge in [-0.05, 0) is 128 Å². The maximum Gasteiger partial charge on any atom is 0.0547 e. The van der Waals surface area contributed by atoms with Crippen LogP contribution < -0.4 is 4.90 Å². The van der Waals surface area contributed by atoms with Crippen molar-refractivity contribution in [1.29, 1.82) is 0 Å². The molecule has 0 saturated carbocycles. The predicted molar refractivity (Wildman–Crippen MR) is 263 cm³/mol. The minimum absolute atomic E-state index is 1.09. The Kier molecular flexibility index (Phi) is 9.57.